The molecule has 0 aliphatic carbocycles. The van der Waals surface area contributed by atoms with E-state index in [0.717, 1.165) is 44.9 Å². The van der Waals surface area contributed by atoms with Crippen LogP contribution >= 0.6 is 0 Å². The Labute approximate surface area is 258 Å². The Balaban J connectivity index is 3.67. The highest BCUT2D eigenvalue weighted by Crippen LogP contribution is 2.14. The molecule has 0 spiro atoms. The molecule has 0 rings (SSSR count). The number of carboxylic acid groups (broad SMARTS) is 2. The second-order valence-corrected chi connectivity index (χ2v) is 11.1. The maximum absolute atomic E-state index is 12.2. The predicted octanol–water partition coefficient (Wildman–Crippen LogP) is 5.18. The molecule has 2 amide bonds. The van der Waals surface area contributed by atoms with Crippen LogP contribution in [0, 0.1) is 0 Å². The standard InChI is InChI=1S/C32H58N2O9/c1-2-33-30(37)26-43-25-24-42-23-17-18-27(35)21-22-28(32(40)41)34-29(36)19-15-13-11-9-7-5-3-4-6-8-10-12-14-16-20-31(38)39/h28H,2-26H2,1H3,(H,33,37)(H,34,36)(H,38,39)(H,40,41)/t28-/m0/s1. The summed E-state index contributed by atoms with van der Waals surface area (Å²) >= 11 is 0. The number of ketones is 1. The fourth-order valence-corrected chi connectivity index (χ4v) is 4.64. The van der Waals surface area contributed by atoms with Gasteiger partial charge in [-0.3, -0.25) is 19.2 Å². The van der Waals surface area contributed by atoms with E-state index in [-0.39, 0.29) is 56.5 Å². The molecule has 0 fully saturated rings. The van der Waals surface area contributed by atoms with Gasteiger partial charge in [-0.25, -0.2) is 4.79 Å². The van der Waals surface area contributed by atoms with Gasteiger partial charge in [-0.15, -0.1) is 0 Å². The van der Waals surface area contributed by atoms with Crippen LogP contribution in [0.3, 0.4) is 0 Å². The summed E-state index contributed by atoms with van der Waals surface area (Å²) in [6.45, 7) is 3.35. The highest BCUT2D eigenvalue weighted by molar-refractivity contribution is 5.84. The summed E-state index contributed by atoms with van der Waals surface area (Å²) < 4.78 is 10.5. The fourth-order valence-electron chi connectivity index (χ4n) is 4.64. The van der Waals surface area contributed by atoms with E-state index in [2.05, 4.69) is 10.6 Å². The van der Waals surface area contributed by atoms with E-state index in [0.29, 0.717) is 32.6 Å². The molecule has 0 aliphatic heterocycles. The van der Waals surface area contributed by atoms with Gasteiger partial charge in [0.2, 0.25) is 11.8 Å². The van der Waals surface area contributed by atoms with Crippen molar-refractivity contribution < 1.29 is 43.7 Å². The normalized spacial score (nSPS) is 11.7. The Morgan fingerprint density at radius 1 is 0.581 bits per heavy atom. The van der Waals surface area contributed by atoms with Gasteiger partial charge in [0.05, 0.1) is 13.2 Å². The zero-order chi connectivity index (χ0) is 32.0. The zero-order valence-electron chi connectivity index (χ0n) is 26.5. The molecule has 0 radical (unpaired) electrons. The molecule has 0 bridgehead atoms. The van der Waals surface area contributed by atoms with Crippen molar-refractivity contribution in [3.05, 3.63) is 0 Å². The molecule has 0 saturated heterocycles. The first-order chi connectivity index (χ1) is 20.8. The Bertz CT molecular complexity index is 761. The number of carboxylic acids is 2. The number of Topliss-reactive ketones (excluding diaryl/α,β-unsaturated/α-hetero) is 1. The number of ether oxygens (including phenoxy) is 2. The summed E-state index contributed by atoms with van der Waals surface area (Å²) in [5.41, 5.74) is 0. The molecule has 0 unspecified atom stereocenters. The molecule has 0 aromatic carbocycles. The molecule has 11 heteroatoms. The molecule has 0 aromatic rings. The van der Waals surface area contributed by atoms with Crippen molar-refractivity contribution in [3.63, 3.8) is 0 Å². The summed E-state index contributed by atoms with van der Waals surface area (Å²) in [4.78, 5) is 57.6. The molecule has 1 atom stereocenters. The number of likely N-dealkylation sites (N-methyl/N-ethyl adjacent to an activating group) is 1. The Morgan fingerprint density at radius 3 is 1.60 bits per heavy atom. The third-order valence-corrected chi connectivity index (χ3v) is 7.11. The van der Waals surface area contributed by atoms with E-state index in [9.17, 15) is 29.1 Å². The first-order valence-electron chi connectivity index (χ1n) is 16.4. The first-order valence-corrected chi connectivity index (χ1v) is 16.4. The van der Waals surface area contributed by atoms with Crippen molar-refractivity contribution in [1.82, 2.24) is 10.6 Å². The minimum atomic E-state index is -1.13. The largest absolute Gasteiger partial charge is 0.481 e. The summed E-state index contributed by atoms with van der Waals surface area (Å²) in [7, 11) is 0. The number of carbonyl (C=O) groups is 5. The zero-order valence-corrected chi connectivity index (χ0v) is 26.5. The number of carbonyl (C=O) groups excluding carboxylic acids is 3. The maximum atomic E-state index is 12.2. The van der Waals surface area contributed by atoms with Crippen LogP contribution in [0.1, 0.15) is 135 Å². The third-order valence-electron chi connectivity index (χ3n) is 7.11. The van der Waals surface area contributed by atoms with Crippen LogP contribution in [-0.4, -0.2) is 78.8 Å². The number of unbranched alkanes of at least 4 members (excludes halogenated alkanes) is 13. The lowest BCUT2D eigenvalue weighted by Gasteiger charge is -2.14. The van der Waals surface area contributed by atoms with E-state index < -0.39 is 18.0 Å². The molecule has 250 valence electrons. The van der Waals surface area contributed by atoms with Crippen LogP contribution in [-0.2, 0) is 33.4 Å². The van der Waals surface area contributed by atoms with E-state index >= 15 is 0 Å². The number of rotatable bonds is 32. The smallest absolute Gasteiger partial charge is 0.326 e. The minimum absolute atomic E-state index is 0.0129. The van der Waals surface area contributed by atoms with Gasteiger partial charge in [0.1, 0.15) is 18.4 Å². The Morgan fingerprint density at radius 2 is 1.09 bits per heavy atom. The molecule has 0 heterocycles. The van der Waals surface area contributed by atoms with Gasteiger partial charge in [-0.2, -0.15) is 0 Å². The monoisotopic (exact) mass is 614 g/mol. The lowest BCUT2D eigenvalue weighted by atomic mass is 10.0. The minimum Gasteiger partial charge on any atom is -0.481 e. The van der Waals surface area contributed by atoms with Crippen molar-refractivity contribution in [1.29, 1.82) is 0 Å². The summed E-state index contributed by atoms with van der Waals surface area (Å²) in [6.07, 6.45) is 16.9. The molecule has 43 heavy (non-hydrogen) atoms. The van der Waals surface area contributed by atoms with Crippen LogP contribution in [0.25, 0.3) is 0 Å². The lowest BCUT2D eigenvalue weighted by molar-refractivity contribution is -0.142. The number of hydrogen-bond donors (Lipinski definition) is 4. The predicted molar refractivity (Wildman–Crippen MR) is 165 cm³/mol. The first kappa shape index (κ1) is 40.5. The topological polar surface area (TPSA) is 168 Å². The highest BCUT2D eigenvalue weighted by atomic mass is 16.5. The third kappa shape index (κ3) is 29.3. The van der Waals surface area contributed by atoms with Crippen molar-refractivity contribution in [3.8, 4) is 0 Å². The SMILES string of the molecule is CCNC(=O)COCCOCCCC(=O)CC[C@H](NC(=O)CCCCCCCCCCCCCCCCC(=O)O)C(=O)O. The van der Waals surface area contributed by atoms with Crippen molar-refractivity contribution in [2.45, 2.75) is 141 Å². The van der Waals surface area contributed by atoms with Gasteiger partial charge in [-0.1, -0.05) is 77.0 Å². The average Bonchev–Trinajstić information content (AvgIpc) is 2.96. The lowest BCUT2D eigenvalue weighted by Crippen LogP contribution is -2.41. The quantitative estimate of drug-likeness (QED) is 0.0746. The van der Waals surface area contributed by atoms with E-state index in [1.165, 1.54) is 44.9 Å². The van der Waals surface area contributed by atoms with Crippen LogP contribution < -0.4 is 10.6 Å². The van der Waals surface area contributed by atoms with Gasteiger partial charge < -0.3 is 30.3 Å². The maximum Gasteiger partial charge on any atom is 0.326 e. The Kier molecular flexibility index (Phi) is 27.8. The Hall–Kier alpha value is -2.53. The summed E-state index contributed by atoms with van der Waals surface area (Å²) in [5.74, 6) is -2.37. The van der Waals surface area contributed by atoms with Gasteiger partial charge in [-0.05, 0) is 32.6 Å². The summed E-state index contributed by atoms with van der Waals surface area (Å²) in [5, 5.41) is 23.2. The second kappa shape index (κ2) is 29.5. The fraction of sp³-hybridized carbons (Fsp3) is 0.844. The molecular weight excluding hydrogens is 556 g/mol. The summed E-state index contributed by atoms with van der Waals surface area (Å²) in [6, 6.07) is -1.06. The van der Waals surface area contributed by atoms with Gasteiger partial charge in [0, 0.05) is 38.8 Å². The van der Waals surface area contributed by atoms with Crippen molar-refractivity contribution in [2.24, 2.45) is 0 Å². The molecule has 4 N–H and O–H groups in total. The average molecular weight is 615 g/mol. The molecule has 11 nitrogen and oxygen atoms in total. The van der Waals surface area contributed by atoms with Gasteiger partial charge in [0.25, 0.3) is 0 Å². The number of amides is 2. The van der Waals surface area contributed by atoms with Crippen molar-refractivity contribution >= 4 is 29.5 Å². The van der Waals surface area contributed by atoms with E-state index in [1.54, 1.807) is 0 Å². The van der Waals surface area contributed by atoms with Crippen LogP contribution in [0.5, 0.6) is 0 Å². The van der Waals surface area contributed by atoms with Crippen LogP contribution in [0.15, 0.2) is 0 Å². The van der Waals surface area contributed by atoms with Gasteiger partial charge in [0.15, 0.2) is 0 Å². The van der Waals surface area contributed by atoms with Crippen molar-refractivity contribution in [2.75, 3.05) is 33.0 Å². The molecule has 0 saturated carbocycles. The molecule has 0 aliphatic rings. The van der Waals surface area contributed by atoms with E-state index in [1.807, 2.05) is 6.92 Å². The molecule has 0 aromatic heterocycles. The molecular formula is C32H58N2O9. The number of nitrogens with one attached hydrogen (secondary N) is 2. The number of aliphatic carboxylic acids is 2. The van der Waals surface area contributed by atoms with E-state index in [4.69, 9.17) is 14.6 Å². The van der Waals surface area contributed by atoms with Crippen LogP contribution in [0.4, 0.5) is 0 Å². The highest BCUT2D eigenvalue weighted by Gasteiger charge is 2.20. The second-order valence-electron chi connectivity index (χ2n) is 11.1. The number of hydrogen-bond acceptors (Lipinski definition) is 7. The van der Waals surface area contributed by atoms with Gasteiger partial charge >= 0.3 is 11.9 Å². The van der Waals surface area contributed by atoms with Crippen LogP contribution in [0.2, 0.25) is 0 Å².